The maximum Gasteiger partial charge on any atom is 0.306 e. The predicted molar refractivity (Wildman–Crippen MR) is 222 cm³/mol. The van der Waals surface area contributed by atoms with Gasteiger partial charge in [-0.15, -0.1) is 0 Å². The monoisotopic (exact) mass is 788 g/mol. The van der Waals surface area contributed by atoms with E-state index in [2.05, 4.69) is 26.0 Å². The van der Waals surface area contributed by atoms with Gasteiger partial charge in [0.05, 0.1) is 27.7 Å². The summed E-state index contributed by atoms with van der Waals surface area (Å²) in [5.74, 6) is -0.835. The second-order valence-corrected chi connectivity index (χ2v) is 17.8. The van der Waals surface area contributed by atoms with E-state index in [-0.39, 0.29) is 32.0 Å². The Morgan fingerprint density at radius 2 is 0.944 bits per heavy atom. The minimum Gasteiger partial charge on any atom is -0.756 e. The van der Waals surface area contributed by atoms with E-state index in [0.29, 0.717) is 17.4 Å². The molecule has 0 aliphatic heterocycles. The number of hydrogen-bond donors (Lipinski definition) is 0. The summed E-state index contributed by atoms with van der Waals surface area (Å²) in [6, 6.07) is 0. The van der Waals surface area contributed by atoms with Crippen LogP contribution in [0.3, 0.4) is 0 Å². The molecule has 54 heavy (non-hydrogen) atoms. The molecule has 0 amide bonds. The zero-order chi connectivity index (χ0) is 40.0. The van der Waals surface area contributed by atoms with E-state index in [9.17, 15) is 19.0 Å². The van der Waals surface area contributed by atoms with Crippen LogP contribution in [0.5, 0.6) is 0 Å². The lowest BCUT2D eigenvalue weighted by Crippen LogP contribution is -2.37. The normalized spacial score (nSPS) is 13.7. The molecule has 10 heteroatoms. The third-order valence-corrected chi connectivity index (χ3v) is 10.7. The van der Waals surface area contributed by atoms with Gasteiger partial charge in [-0.1, -0.05) is 167 Å². The summed E-state index contributed by atoms with van der Waals surface area (Å²) in [7, 11) is 1.17. The second-order valence-electron chi connectivity index (χ2n) is 16.4. The molecule has 1 unspecified atom stereocenters. The molecule has 0 spiro atoms. The summed E-state index contributed by atoms with van der Waals surface area (Å²) in [6.45, 7) is 4.22. The van der Waals surface area contributed by atoms with E-state index < -0.39 is 26.5 Å². The molecule has 0 radical (unpaired) electrons. The van der Waals surface area contributed by atoms with Crippen molar-refractivity contribution in [3.8, 4) is 0 Å². The lowest BCUT2D eigenvalue weighted by Gasteiger charge is -2.28. The van der Waals surface area contributed by atoms with Crippen molar-refractivity contribution in [2.45, 2.75) is 213 Å². The summed E-state index contributed by atoms with van der Waals surface area (Å²) >= 11 is 0. The molecule has 2 atom stereocenters. The molecule has 9 nitrogen and oxygen atoms in total. The Hall–Kier alpha value is -1.25. The number of rotatable bonds is 41. The Labute approximate surface area is 333 Å². The highest BCUT2D eigenvalue weighted by Gasteiger charge is 2.21. The van der Waals surface area contributed by atoms with Crippen molar-refractivity contribution in [3.63, 3.8) is 0 Å². The smallest absolute Gasteiger partial charge is 0.306 e. The van der Waals surface area contributed by atoms with Crippen LogP contribution in [0.2, 0.25) is 0 Å². The van der Waals surface area contributed by atoms with Crippen molar-refractivity contribution in [2.75, 3.05) is 47.5 Å². The summed E-state index contributed by atoms with van der Waals surface area (Å²) in [4.78, 5) is 37.5. The third kappa shape index (κ3) is 40.4. The molecule has 0 saturated heterocycles. The number of carbonyl (C=O) groups is 2. The first kappa shape index (κ1) is 52.8. The molecule has 320 valence electrons. The van der Waals surface area contributed by atoms with Gasteiger partial charge in [-0.2, -0.15) is 0 Å². The van der Waals surface area contributed by atoms with E-state index >= 15 is 0 Å². The number of allylic oxidation sites excluding steroid dienone is 2. The van der Waals surface area contributed by atoms with Crippen LogP contribution in [0, 0.1) is 0 Å². The van der Waals surface area contributed by atoms with Gasteiger partial charge >= 0.3 is 11.9 Å². The topological polar surface area (TPSA) is 111 Å². The first-order valence-electron chi connectivity index (χ1n) is 22.4. The molecular weight excluding hydrogens is 701 g/mol. The average Bonchev–Trinajstić information content (AvgIpc) is 3.12. The molecule has 0 aromatic rings. The molecule has 0 aromatic carbocycles. The quantitative estimate of drug-likeness (QED) is 0.0198. The second kappa shape index (κ2) is 37.3. The highest BCUT2D eigenvalue weighted by Crippen LogP contribution is 2.38. The van der Waals surface area contributed by atoms with E-state index in [1.54, 1.807) is 0 Å². The molecule has 0 N–H and O–H groups in total. The Morgan fingerprint density at radius 3 is 1.39 bits per heavy atom. The Morgan fingerprint density at radius 1 is 0.556 bits per heavy atom. The molecule has 0 aromatic heterocycles. The van der Waals surface area contributed by atoms with Crippen molar-refractivity contribution in [2.24, 2.45) is 0 Å². The van der Waals surface area contributed by atoms with Gasteiger partial charge in [0.15, 0.2) is 6.10 Å². The Balaban J connectivity index is 4.31. The number of nitrogens with zero attached hydrogens (tertiary/aromatic N) is 1. The summed E-state index contributed by atoms with van der Waals surface area (Å²) in [5.41, 5.74) is 0. The highest BCUT2D eigenvalue weighted by molar-refractivity contribution is 7.45. The summed E-state index contributed by atoms with van der Waals surface area (Å²) < 4.78 is 33.9. The van der Waals surface area contributed by atoms with Crippen molar-refractivity contribution in [1.29, 1.82) is 0 Å². The van der Waals surface area contributed by atoms with Crippen molar-refractivity contribution < 1.29 is 42.1 Å². The van der Waals surface area contributed by atoms with Gasteiger partial charge in [0.2, 0.25) is 0 Å². The average molecular weight is 788 g/mol. The van der Waals surface area contributed by atoms with Crippen LogP contribution in [0.1, 0.15) is 206 Å². The molecule has 0 heterocycles. The third-order valence-electron chi connectivity index (χ3n) is 9.79. The number of quaternary nitrogens is 1. The fourth-order valence-corrected chi connectivity index (χ4v) is 6.97. The number of phosphoric acid groups is 1. The number of ether oxygens (including phenoxy) is 2. The number of phosphoric ester groups is 1. The van der Waals surface area contributed by atoms with Gasteiger partial charge < -0.3 is 27.9 Å². The largest absolute Gasteiger partial charge is 0.756 e. The van der Waals surface area contributed by atoms with Crippen LogP contribution in [0.15, 0.2) is 12.2 Å². The lowest BCUT2D eigenvalue weighted by molar-refractivity contribution is -0.870. The van der Waals surface area contributed by atoms with Crippen LogP contribution < -0.4 is 4.89 Å². The first-order valence-corrected chi connectivity index (χ1v) is 23.9. The fraction of sp³-hybridized carbons (Fsp3) is 0.909. The van der Waals surface area contributed by atoms with Crippen LogP contribution in [-0.2, 0) is 32.7 Å². The van der Waals surface area contributed by atoms with Crippen LogP contribution in [0.4, 0.5) is 0 Å². The highest BCUT2D eigenvalue weighted by atomic mass is 31.2. The van der Waals surface area contributed by atoms with Crippen LogP contribution in [0.25, 0.3) is 0 Å². The SMILES string of the molecule is CCCCCC/C=C\CCCCCCCC(=O)O[C@H](COC(=O)CCCCCCCCCCCCCCCCCCC)COP(=O)([O-])OCC[N+](C)(C)C. The number of esters is 2. The van der Waals surface area contributed by atoms with Crippen LogP contribution >= 0.6 is 7.82 Å². The van der Waals surface area contributed by atoms with Crippen molar-refractivity contribution >= 4 is 19.8 Å². The van der Waals surface area contributed by atoms with E-state index in [0.717, 1.165) is 51.4 Å². The van der Waals surface area contributed by atoms with E-state index in [1.165, 1.54) is 122 Å². The van der Waals surface area contributed by atoms with Crippen molar-refractivity contribution in [3.05, 3.63) is 12.2 Å². The van der Waals surface area contributed by atoms with Gasteiger partial charge in [-0.05, 0) is 38.5 Å². The van der Waals surface area contributed by atoms with Gasteiger partial charge in [-0.3, -0.25) is 14.2 Å². The Bertz CT molecular complexity index is 938. The molecule has 0 bridgehead atoms. The van der Waals surface area contributed by atoms with Gasteiger partial charge in [0.25, 0.3) is 7.82 Å². The van der Waals surface area contributed by atoms with Gasteiger partial charge in [0, 0.05) is 12.8 Å². The van der Waals surface area contributed by atoms with Gasteiger partial charge in [0.1, 0.15) is 19.8 Å². The molecule has 0 fully saturated rings. The number of likely N-dealkylation sites (N-methyl/N-ethyl adjacent to an activating group) is 1. The van der Waals surface area contributed by atoms with E-state index in [4.69, 9.17) is 18.5 Å². The fourth-order valence-electron chi connectivity index (χ4n) is 6.24. The van der Waals surface area contributed by atoms with Crippen LogP contribution in [-0.4, -0.2) is 70.0 Å². The molecule has 0 aliphatic carbocycles. The summed E-state index contributed by atoms with van der Waals surface area (Å²) in [6.07, 6.45) is 38.0. The predicted octanol–water partition coefficient (Wildman–Crippen LogP) is 11.9. The van der Waals surface area contributed by atoms with E-state index in [1.807, 2.05) is 21.1 Å². The number of hydrogen-bond acceptors (Lipinski definition) is 8. The number of carbonyl (C=O) groups excluding carboxylic acids is 2. The zero-order valence-electron chi connectivity index (χ0n) is 35.9. The minimum atomic E-state index is -4.62. The molecule has 0 rings (SSSR count). The maximum absolute atomic E-state index is 12.6. The zero-order valence-corrected chi connectivity index (χ0v) is 36.8. The van der Waals surface area contributed by atoms with Crippen molar-refractivity contribution in [1.82, 2.24) is 0 Å². The van der Waals surface area contributed by atoms with Gasteiger partial charge in [-0.25, -0.2) is 0 Å². The minimum absolute atomic E-state index is 0.0294. The lowest BCUT2D eigenvalue weighted by atomic mass is 10.0. The maximum atomic E-state index is 12.6. The molecule has 0 saturated carbocycles. The molecule has 0 aliphatic rings. The summed E-state index contributed by atoms with van der Waals surface area (Å²) in [5, 5.41) is 0. The number of unbranched alkanes of at least 4 members (excludes halogenated alkanes) is 25. The first-order chi connectivity index (χ1) is 26.0. The Kier molecular flexibility index (Phi) is 36.5. The standard InChI is InChI=1S/C44H86NO8P/c1-6-8-10-12-14-16-18-20-21-22-23-25-26-28-30-32-34-36-43(46)50-40-42(41-52-54(48,49)51-39-38-45(3,4)5)53-44(47)37-35-33-31-29-27-24-19-17-15-13-11-9-7-2/h17,19,42H,6-16,18,20-41H2,1-5H3/b19-17-/t42-/m1/s1. The molecular formula is C44H86NO8P.